The normalized spacial score (nSPS) is 12.6. The highest BCUT2D eigenvalue weighted by Gasteiger charge is 2.38. The van der Waals surface area contributed by atoms with Crippen molar-refractivity contribution in [2.75, 3.05) is 13.7 Å². The third kappa shape index (κ3) is 3.25. The van der Waals surface area contributed by atoms with Crippen molar-refractivity contribution >= 4 is 23.8 Å². The minimum absolute atomic E-state index is 0.104. The molecule has 1 heterocycles. The third-order valence-electron chi connectivity index (χ3n) is 3.61. The molecular weight excluding hydrogens is 342 g/mol. The first kappa shape index (κ1) is 17.2. The Morgan fingerprint density at radius 1 is 0.923 bits per heavy atom. The molecule has 0 atom stereocenters. The van der Waals surface area contributed by atoms with Gasteiger partial charge in [-0.05, 0) is 36.4 Å². The summed E-state index contributed by atoms with van der Waals surface area (Å²) in [7, 11) is 1.24. The van der Waals surface area contributed by atoms with E-state index in [9.17, 15) is 19.2 Å². The zero-order chi connectivity index (χ0) is 18.7. The van der Waals surface area contributed by atoms with Crippen LogP contribution in [0.2, 0.25) is 0 Å². The summed E-state index contributed by atoms with van der Waals surface area (Å²) >= 11 is 0. The van der Waals surface area contributed by atoms with Gasteiger partial charge >= 0.3 is 11.9 Å². The first-order valence-electron chi connectivity index (χ1n) is 7.51. The Labute approximate surface area is 147 Å². The lowest BCUT2D eigenvalue weighted by atomic mass is 10.1. The van der Waals surface area contributed by atoms with E-state index in [0.29, 0.717) is 10.8 Å². The van der Waals surface area contributed by atoms with Crippen LogP contribution in [0.15, 0.2) is 48.5 Å². The first-order valence-corrected chi connectivity index (χ1v) is 7.51. The summed E-state index contributed by atoms with van der Waals surface area (Å²) in [6.07, 6.45) is 0. The van der Waals surface area contributed by atoms with Crippen molar-refractivity contribution in [1.29, 1.82) is 0 Å². The summed E-state index contributed by atoms with van der Waals surface area (Å²) in [6.45, 7) is -0.269. The van der Waals surface area contributed by atoms with E-state index in [1.807, 2.05) is 0 Å². The van der Waals surface area contributed by atoms with E-state index in [1.54, 1.807) is 12.1 Å². The Hall–Kier alpha value is -3.68. The zero-order valence-electron chi connectivity index (χ0n) is 13.6. The Balaban J connectivity index is 1.66. The van der Waals surface area contributed by atoms with Gasteiger partial charge in [-0.15, -0.1) is 0 Å². The maximum absolute atomic E-state index is 12.2. The highest BCUT2D eigenvalue weighted by Crippen LogP contribution is 2.23. The van der Waals surface area contributed by atoms with Crippen LogP contribution in [0.25, 0.3) is 0 Å². The van der Waals surface area contributed by atoms with Crippen LogP contribution in [-0.2, 0) is 14.4 Å². The number of methoxy groups -OCH3 is 1. The van der Waals surface area contributed by atoms with Crippen LogP contribution in [0.4, 0.5) is 0 Å². The molecule has 3 rings (SSSR count). The van der Waals surface area contributed by atoms with Gasteiger partial charge in [0.25, 0.3) is 11.8 Å². The number of ether oxygens (including phenoxy) is 2. The van der Waals surface area contributed by atoms with Gasteiger partial charge < -0.3 is 14.3 Å². The number of hydrogen-bond acceptors (Lipinski definition) is 7. The lowest BCUT2D eigenvalue weighted by molar-refractivity contribution is -0.142. The lowest BCUT2D eigenvalue weighted by Gasteiger charge is -2.12. The van der Waals surface area contributed by atoms with E-state index in [1.165, 1.54) is 43.5 Å². The molecule has 2 amide bonds. The minimum Gasteiger partial charge on any atom is -0.482 e. The second-order valence-corrected chi connectivity index (χ2v) is 5.22. The quantitative estimate of drug-likeness (QED) is 0.593. The molecule has 1 aliphatic heterocycles. The second kappa shape index (κ2) is 7.06. The summed E-state index contributed by atoms with van der Waals surface area (Å²) in [6, 6.07) is 11.8. The molecule has 8 heteroatoms. The first-order chi connectivity index (χ1) is 12.5. The van der Waals surface area contributed by atoms with Gasteiger partial charge in [0.1, 0.15) is 5.75 Å². The maximum atomic E-state index is 12.2. The molecule has 0 bridgehead atoms. The standard InChI is InChI=1S/C18H13NO7/c1-24-15(20)10-25-12-8-6-11(7-9-12)18(23)26-19-16(21)13-4-2-3-5-14(13)17(19)22/h2-9H,10H2,1H3. The van der Waals surface area contributed by atoms with Gasteiger partial charge in [-0.3, -0.25) is 9.59 Å². The van der Waals surface area contributed by atoms with Crippen molar-refractivity contribution in [3.63, 3.8) is 0 Å². The number of carbonyl (C=O) groups excluding carboxylic acids is 4. The molecule has 0 N–H and O–H groups in total. The largest absolute Gasteiger partial charge is 0.482 e. The lowest BCUT2D eigenvalue weighted by Crippen LogP contribution is -2.32. The van der Waals surface area contributed by atoms with E-state index in [-0.39, 0.29) is 23.3 Å². The summed E-state index contributed by atoms with van der Waals surface area (Å²) in [5.41, 5.74) is 0.459. The number of benzene rings is 2. The average Bonchev–Trinajstić information content (AvgIpc) is 2.91. The molecule has 0 saturated carbocycles. The fraction of sp³-hybridized carbons (Fsp3) is 0.111. The monoisotopic (exact) mass is 355 g/mol. The SMILES string of the molecule is COC(=O)COc1ccc(C(=O)ON2C(=O)c3ccccc3C2=O)cc1. The van der Waals surface area contributed by atoms with Gasteiger partial charge in [-0.1, -0.05) is 17.2 Å². The Morgan fingerprint density at radius 2 is 1.50 bits per heavy atom. The van der Waals surface area contributed by atoms with Crippen LogP contribution in [-0.4, -0.2) is 42.5 Å². The molecule has 8 nitrogen and oxygen atoms in total. The van der Waals surface area contributed by atoms with Crippen molar-refractivity contribution in [2.24, 2.45) is 0 Å². The van der Waals surface area contributed by atoms with Crippen LogP contribution >= 0.6 is 0 Å². The fourth-order valence-electron chi connectivity index (χ4n) is 2.27. The van der Waals surface area contributed by atoms with Crippen LogP contribution in [0.1, 0.15) is 31.1 Å². The fourth-order valence-corrected chi connectivity index (χ4v) is 2.27. The second-order valence-electron chi connectivity index (χ2n) is 5.22. The highest BCUT2D eigenvalue weighted by molar-refractivity contribution is 6.21. The van der Waals surface area contributed by atoms with Crippen molar-refractivity contribution in [2.45, 2.75) is 0 Å². The number of hydrogen-bond donors (Lipinski definition) is 0. The van der Waals surface area contributed by atoms with E-state index >= 15 is 0 Å². The van der Waals surface area contributed by atoms with E-state index < -0.39 is 23.8 Å². The van der Waals surface area contributed by atoms with Gasteiger partial charge in [0, 0.05) is 0 Å². The summed E-state index contributed by atoms with van der Waals surface area (Å²) in [4.78, 5) is 52.5. The number of amides is 2. The van der Waals surface area contributed by atoms with Crippen molar-refractivity contribution in [1.82, 2.24) is 5.06 Å². The predicted octanol–water partition coefficient (Wildman–Crippen LogP) is 1.61. The van der Waals surface area contributed by atoms with Gasteiger partial charge in [0.05, 0.1) is 23.8 Å². The van der Waals surface area contributed by atoms with E-state index in [4.69, 9.17) is 9.57 Å². The van der Waals surface area contributed by atoms with Crippen LogP contribution in [0.5, 0.6) is 5.75 Å². The van der Waals surface area contributed by atoms with Crippen molar-refractivity contribution < 1.29 is 33.5 Å². The van der Waals surface area contributed by atoms with Crippen molar-refractivity contribution in [3.05, 3.63) is 65.2 Å². The number of hydroxylamine groups is 2. The summed E-state index contributed by atoms with van der Waals surface area (Å²) in [5.74, 6) is -2.47. The predicted molar refractivity (Wildman–Crippen MR) is 86.3 cm³/mol. The number of nitrogens with zero attached hydrogens (tertiary/aromatic N) is 1. The van der Waals surface area contributed by atoms with E-state index in [0.717, 1.165) is 0 Å². The molecule has 0 saturated heterocycles. The molecule has 2 aromatic rings. The minimum atomic E-state index is -0.876. The third-order valence-corrected chi connectivity index (χ3v) is 3.61. The number of fused-ring (bicyclic) bond motifs is 1. The van der Waals surface area contributed by atoms with E-state index in [2.05, 4.69) is 4.74 Å². The molecule has 132 valence electrons. The van der Waals surface area contributed by atoms with Gasteiger partial charge in [0.2, 0.25) is 0 Å². The highest BCUT2D eigenvalue weighted by atomic mass is 16.7. The molecule has 2 aromatic carbocycles. The average molecular weight is 355 g/mol. The Kier molecular flexibility index (Phi) is 4.66. The molecule has 0 radical (unpaired) electrons. The van der Waals surface area contributed by atoms with Crippen LogP contribution in [0.3, 0.4) is 0 Å². The number of imide groups is 1. The summed E-state index contributed by atoms with van der Waals surface area (Å²) < 4.78 is 9.61. The molecule has 0 aromatic heterocycles. The molecule has 26 heavy (non-hydrogen) atoms. The molecule has 1 aliphatic rings. The number of carbonyl (C=O) groups is 4. The van der Waals surface area contributed by atoms with Crippen LogP contribution in [0, 0.1) is 0 Å². The summed E-state index contributed by atoms with van der Waals surface area (Å²) in [5, 5.41) is 0.439. The number of esters is 1. The van der Waals surface area contributed by atoms with Crippen LogP contribution < -0.4 is 4.74 Å². The smallest absolute Gasteiger partial charge is 0.363 e. The molecule has 0 spiro atoms. The van der Waals surface area contributed by atoms with Crippen molar-refractivity contribution in [3.8, 4) is 5.75 Å². The Bertz CT molecular complexity index is 854. The zero-order valence-corrected chi connectivity index (χ0v) is 13.6. The maximum Gasteiger partial charge on any atom is 0.363 e. The molecule has 0 unspecified atom stereocenters. The van der Waals surface area contributed by atoms with Gasteiger partial charge in [-0.2, -0.15) is 0 Å². The van der Waals surface area contributed by atoms with Gasteiger partial charge in [0.15, 0.2) is 6.61 Å². The number of rotatable bonds is 5. The molecule has 0 fully saturated rings. The van der Waals surface area contributed by atoms with Gasteiger partial charge in [-0.25, -0.2) is 9.59 Å². The Morgan fingerprint density at radius 3 is 2.04 bits per heavy atom. The molecular formula is C18H13NO7. The topological polar surface area (TPSA) is 99.2 Å². The molecule has 0 aliphatic carbocycles.